The van der Waals surface area contributed by atoms with E-state index in [0.29, 0.717) is 35.3 Å². The van der Waals surface area contributed by atoms with Crippen LogP contribution in [0.2, 0.25) is 5.02 Å². The summed E-state index contributed by atoms with van der Waals surface area (Å²) in [7, 11) is 1.63. The van der Waals surface area contributed by atoms with Crippen molar-refractivity contribution in [2.45, 2.75) is 32.7 Å². The molecule has 33 heavy (non-hydrogen) atoms. The molecule has 0 atom stereocenters. The van der Waals surface area contributed by atoms with E-state index in [4.69, 9.17) is 20.9 Å². The quantitative estimate of drug-likeness (QED) is 0.405. The number of methoxy groups -OCH3 is 1. The molecule has 0 N–H and O–H groups in total. The molecule has 0 amide bonds. The molecule has 2 aromatic carbocycles. The Morgan fingerprint density at radius 1 is 1.15 bits per heavy atom. The molecule has 1 aliphatic rings. The van der Waals surface area contributed by atoms with Crippen molar-refractivity contribution in [2.75, 3.05) is 20.2 Å². The Balaban J connectivity index is 1.52. The van der Waals surface area contributed by atoms with Gasteiger partial charge in [-0.25, -0.2) is 0 Å². The summed E-state index contributed by atoms with van der Waals surface area (Å²) >= 11 is 6.01. The lowest BCUT2D eigenvalue weighted by Crippen LogP contribution is -2.19. The zero-order valence-electron chi connectivity index (χ0n) is 18.7. The Morgan fingerprint density at radius 2 is 1.91 bits per heavy atom. The van der Waals surface area contributed by atoms with E-state index in [2.05, 4.69) is 15.0 Å². The fraction of sp³-hybridized carbons (Fsp3) is 0.320. The summed E-state index contributed by atoms with van der Waals surface area (Å²) in [6.45, 7) is 4.79. The topological polar surface area (TPSA) is 73.4 Å². The number of benzene rings is 2. The summed E-state index contributed by atoms with van der Waals surface area (Å²) in [5, 5.41) is 5.69. The second-order valence-corrected chi connectivity index (χ2v) is 8.80. The van der Waals surface area contributed by atoms with Gasteiger partial charge in [0.2, 0.25) is 5.89 Å². The van der Waals surface area contributed by atoms with E-state index in [-0.39, 0.29) is 5.91 Å². The zero-order valence-corrected chi connectivity index (χ0v) is 19.4. The van der Waals surface area contributed by atoms with Gasteiger partial charge in [0, 0.05) is 21.7 Å². The van der Waals surface area contributed by atoms with Crippen LogP contribution in [0, 0.1) is 6.92 Å². The number of rotatable bonds is 6. The molecule has 0 spiro atoms. The maximum Gasteiger partial charge on any atom is 0.262 e. The van der Waals surface area contributed by atoms with Crippen LogP contribution in [-0.2, 0) is 13.0 Å². The van der Waals surface area contributed by atoms with Crippen molar-refractivity contribution >= 4 is 28.4 Å². The standard InChI is InChI=1S/C25H25ClN4O3/c1-16-20(14-24-27-23(28-33-24)15-29-11-3-4-12-29)21-13-19(32-2)9-10-22(21)30(16)25(31)17-5-7-18(26)8-6-17/h5-10,13H,3-4,11-12,14-15H2,1-2H3. The van der Waals surface area contributed by atoms with E-state index in [1.165, 1.54) is 12.8 Å². The lowest BCUT2D eigenvalue weighted by molar-refractivity contribution is 0.0963. The van der Waals surface area contributed by atoms with E-state index < -0.39 is 0 Å². The first-order valence-corrected chi connectivity index (χ1v) is 11.4. The molecule has 0 bridgehead atoms. The van der Waals surface area contributed by atoms with Gasteiger partial charge in [-0.3, -0.25) is 14.3 Å². The van der Waals surface area contributed by atoms with Crippen LogP contribution in [-0.4, -0.2) is 45.7 Å². The van der Waals surface area contributed by atoms with Crippen molar-refractivity contribution in [1.82, 2.24) is 19.6 Å². The number of halogens is 1. The van der Waals surface area contributed by atoms with Crippen molar-refractivity contribution in [3.63, 3.8) is 0 Å². The van der Waals surface area contributed by atoms with Crippen molar-refractivity contribution in [2.24, 2.45) is 0 Å². The van der Waals surface area contributed by atoms with Gasteiger partial charge in [0.25, 0.3) is 5.91 Å². The molecule has 5 rings (SSSR count). The van der Waals surface area contributed by atoms with Gasteiger partial charge in [0.05, 0.1) is 25.6 Å². The third-order valence-corrected chi connectivity index (χ3v) is 6.49. The number of likely N-dealkylation sites (tertiary alicyclic amines) is 1. The Bertz CT molecular complexity index is 1300. The van der Waals surface area contributed by atoms with Crippen molar-refractivity contribution in [3.05, 3.63) is 76.0 Å². The van der Waals surface area contributed by atoms with Gasteiger partial charge in [0.15, 0.2) is 5.82 Å². The summed E-state index contributed by atoms with van der Waals surface area (Å²) in [6, 6.07) is 12.6. The van der Waals surface area contributed by atoms with Gasteiger partial charge >= 0.3 is 0 Å². The molecule has 1 aliphatic heterocycles. The van der Waals surface area contributed by atoms with E-state index in [9.17, 15) is 4.79 Å². The van der Waals surface area contributed by atoms with Crippen LogP contribution in [0.3, 0.4) is 0 Å². The highest BCUT2D eigenvalue weighted by atomic mass is 35.5. The van der Waals surface area contributed by atoms with Crippen LogP contribution in [0.1, 0.15) is 46.2 Å². The molecule has 0 saturated carbocycles. The molecule has 0 aliphatic carbocycles. The molecule has 170 valence electrons. The third-order valence-electron chi connectivity index (χ3n) is 6.24. The van der Waals surface area contributed by atoms with Gasteiger partial charge in [0.1, 0.15) is 5.75 Å². The summed E-state index contributed by atoms with van der Waals surface area (Å²) in [6.07, 6.45) is 2.86. The summed E-state index contributed by atoms with van der Waals surface area (Å²) in [5.41, 5.74) is 3.16. The highest BCUT2D eigenvalue weighted by Gasteiger charge is 2.23. The molecule has 2 aromatic heterocycles. The van der Waals surface area contributed by atoms with Crippen LogP contribution in [0.15, 0.2) is 47.0 Å². The average molecular weight is 465 g/mol. The van der Waals surface area contributed by atoms with E-state index in [1.807, 2.05) is 25.1 Å². The fourth-order valence-corrected chi connectivity index (χ4v) is 4.64. The molecule has 4 aromatic rings. The van der Waals surface area contributed by atoms with E-state index in [0.717, 1.165) is 41.0 Å². The van der Waals surface area contributed by atoms with Crippen molar-refractivity contribution in [1.29, 1.82) is 0 Å². The summed E-state index contributed by atoms with van der Waals surface area (Å²) < 4.78 is 12.8. The largest absolute Gasteiger partial charge is 0.497 e. The monoisotopic (exact) mass is 464 g/mol. The average Bonchev–Trinajstić information content (AvgIpc) is 3.55. The van der Waals surface area contributed by atoms with Gasteiger partial charge in [-0.05, 0) is 80.9 Å². The minimum absolute atomic E-state index is 0.120. The summed E-state index contributed by atoms with van der Waals surface area (Å²) in [4.78, 5) is 20.4. The molecular weight excluding hydrogens is 440 g/mol. The number of carbonyl (C=O) groups is 1. The Hall–Kier alpha value is -3.16. The number of hydrogen-bond donors (Lipinski definition) is 0. The van der Waals surface area contributed by atoms with Crippen LogP contribution in [0.25, 0.3) is 10.9 Å². The predicted octanol–water partition coefficient (Wildman–Crippen LogP) is 4.87. The molecule has 1 saturated heterocycles. The maximum absolute atomic E-state index is 13.4. The first-order valence-electron chi connectivity index (χ1n) is 11.1. The maximum atomic E-state index is 13.4. The lowest BCUT2D eigenvalue weighted by atomic mass is 10.1. The van der Waals surface area contributed by atoms with Crippen LogP contribution < -0.4 is 4.74 Å². The molecule has 1 fully saturated rings. The minimum atomic E-state index is -0.120. The number of ether oxygens (including phenoxy) is 1. The van der Waals surface area contributed by atoms with Crippen molar-refractivity contribution < 1.29 is 14.1 Å². The second-order valence-electron chi connectivity index (χ2n) is 8.36. The summed E-state index contributed by atoms with van der Waals surface area (Å²) in [5.74, 6) is 1.84. The molecule has 7 nitrogen and oxygen atoms in total. The van der Waals surface area contributed by atoms with E-state index >= 15 is 0 Å². The molecule has 3 heterocycles. The number of nitrogens with zero attached hydrogens (tertiary/aromatic N) is 4. The van der Waals surface area contributed by atoms with Crippen LogP contribution >= 0.6 is 11.6 Å². The van der Waals surface area contributed by atoms with Gasteiger partial charge < -0.3 is 9.26 Å². The molecule has 0 radical (unpaired) electrons. The van der Waals surface area contributed by atoms with Gasteiger partial charge in [-0.1, -0.05) is 16.8 Å². The lowest BCUT2D eigenvalue weighted by Gasteiger charge is -2.10. The van der Waals surface area contributed by atoms with E-state index in [1.54, 1.807) is 35.9 Å². The number of fused-ring (bicyclic) bond motifs is 1. The number of aromatic nitrogens is 3. The van der Waals surface area contributed by atoms with Crippen LogP contribution in [0.4, 0.5) is 0 Å². The number of carbonyl (C=O) groups excluding carboxylic acids is 1. The normalized spacial score (nSPS) is 14.3. The van der Waals surface area contributed by atoms with Crippen LogP contribution in [0.5, 0.6) is 5.75 Å². The molecule has 8 heteroatoms. The highest BCUT2D eigenvalue weighted by molar-refractivity contribution is 6.30. The Morgan fingerprint density at radius 3 is 2.64 bits per heavy atom. The van der Waals surface area contributed by atoms with Crippen molar-refractivity contribution in [3.8, 4) is 5.75 Å². The SMILES string of the molecule is COc1ccc2c(c1)c(Cc1nc(CN3CCCC3)no1)c(C)n2C(=O)c1ccc(Cl)cc1. The predicted molar refractivity (Wildman–Crippen MR) is 126 cm³/mol. The Kier molecular flexibility index (Phi) is 5.91. The zero-order chi connectivity index (χ0) is 22.9. The number of hydrogen-bond acceptors (Lipinski definition) is 6. The smallest absolute Gasteiger partial charge is 0.262 e. The highest BCUT2D eigenvalue weighted by Crippen LogP contribution is 2.32. The molecule has 0 unspecified atom stereocenters. The third kappa shape index (κ3) is 4.26. The first-order chi connectivity index (χ1) is 16.0. The Labute approximate surface area is 196 Å². The fourth-order valence-electron chi connectivity index (χ4n) is 4.51. The first kappa shape index (κ1) is 21.7. The van der Waals surface area contributed by atoms with Gasteiger partial charge in [-0.2, -0.15) is 4.98 Å². The second kappa shape index (κ2) is 9.00. The van der Waals surface area contributed by atoms with Gasteiger partial charge in [-0.15, -0.1) is 0 Å². The molecular formula is C25H25ClN4O3. The minimum Gasteiger partial charge on any atom is -0.497 e.